The summed E-state index contributed by atoms with van der Waals surface area (Å²) in [6, 6.07) is 7.22. The molecule has 1 aromatic carbocycles. The zero-order valence-electron chi connectivity index (χ0n) is 16.5. The molecule has 2 fully saturated rings. The Balaban J connectivity index is 1.57. The third kappa shape index (κ3) is 5.18. The molecule has 0 bridgehead atoms. The molecule has 2 N–H and O–H groups in total. The first-order chi connectivity index (χ1) is 14.2. The summed E-state index contributed by atoms with van der Waals surface area (Å²) < 4.78 is 0.888. The van der Waals surface area contributed by atoms with Crippen LogP contribution in [-0.4, -0.2) is 47.5 Å². The number of anilines is 3. The molecule has 1 aromatic heterocycles. The van der Waals surface area contributed by atoms with Gasteiger partial charge in [-0.1, -0.05) is 15.9 Å². The molecule has 2 aromatic rings. The summed E-state index contributed by atoms with van der Waals surface area (Å²) in [6.45, 7) is 4.06. The number of nitrogens with one attached hydrogen (secondary N) is 1. The molecule has 0 radical (unpaired) electrons. The molecule has 0 aliphatic carbocycles. The van der Waals surface area contributed by atoms with Gasteiger partial charge in [-0.3, -0.25) is 5.43 Å². The second-order valence-corrected chi connectivity index (χ2v) is 8.50. The lowest BCUT2D eigenvalue weighted by atomic mass is 10.1. The minimum atomic E-state index is 0.185. The lowest BCUT2D eigenvalue weighted by Gasteiger charge is -2.31. The largest absolute Gasteiger partial charge is 0.507 e. The van der Waals surface area contributed by atoms with Crippen molar-refractivity contribution in [3.05, 3.63) is 34.3 Å². The number of hydrogen-bond acceptors (Lipinski definition) is 7. The first-order valence-electron chi connectivity index (χ1n) is 10.4. The molecule has 2 aliphatic heterocycles. The SMILES string of the molecule is Oc1ccc(Br)cc1C=NNc1cc(N2CCCCC2)nc(N2CCCCC2)n1. The number of hydrazone groups is 1. The zero-order valence-corrected chi connectivity index (χ0v) is 18.1. The topological polar surface area (TPSA) is 76.9 Å². The second kappa shape index (κ2) is 9.43. The summed E-state index contributed by atoms with van der Waals surface area (Å²) in [4.78, 5) is 14.2. The van der Waals surface area contributed by atoms with Crippen molar-refractivity contribution in [1.29, 1.82) is 0 Å². The highest BCUT2D eigenvalue weighted by Gasteiger charge is 2.19. The van der Waals surface area contributed by atoms with Crippen molar-refractivity contribution in [1.82, 2.24) is 9.97 Å². The van der Waals surface area contributed by atoms with E-state index in [-0.39, 0.29) is 5.75 Å². The van der Waals surface area contributed by atoms with Gasteiger partial charge in [0.2, 0.25) is 5.95 Å². The standard InChI is InChI=1S/C21H27BrN6O/c22-17-7-8-18(29)16(13-17)15-23-26-19-14-20(27-9-3-1-4-10-27)25-21(24-19)28-11-5-2-6-12-28/h7-8,13-15,29H,1-6,9-12H2,(H,24,25,26). The molecule has 0 amide bonds. The summed E-state index contributed by atoms with van der Waals surface area (Å²) >= 11 is 3.42. The quantitative estimate of drug-likeness (QED) is 0.511. The van der Waals surface area contributed by atoms with Crippen LogP contribution >= 0.6 is 15.9 Å². The van der Waals surface area contributed by atoms with Gasteiger partial charge in [-0.15, -0.1) is 0 Å². The molecule has 0 atom stereocenters. The third-order valence-electron chi connectivity index (χ3n) is 5.39. The molecule has 7 nitrogen and oxygen atoms in total. The second-order valence-electron chi connectivity index (χ2n) is 7.58. The van der Waals surface area contributed by atoms with Crippen molar-refractivity contribution in [2.45, 2.75) is 38.5 Å². The van der Waals surface area contributed by atoms with Crippen LogP contribution in [0.5, 0.6) is 5.75 Å². The van der Waals surface area contributed by atoms with Crippen LogP contribution in [0, 0.1) is 0 Å². The van der Waals surface area contributed by atoms with E-state index in [1.54, 1.807) is 18.3 Å². The van der Waals surface area contributed by atoms with Crippen molar-refractivity contribution >= 4 is 39.7 Å². The first-order valence-corrected chi connectivity index (χ1v) is 11.1. The Hall–Kier alpha value is -2.35. The highest BCUT2D eigenvalue weighted by Crippen LogP contribution is 2.25. The van der Waals surface area contributed by atoms with E-state index in [9.17, 15) is 5.11 Å². The maximum Gasteiger partial charge on any atom is 0.229 e. The molecular weight excluding hydrogens is 432 g/mol. The third-order valence-corrected chi connectivity index (χ3v) is 5.89. The minimum Gasteiger partial charge on any atom is -0.507 e. The van der Waals surface area contributed by atoms with Gasteiger partial charge >= 0.3 is 0 Å². The summed E-state index contributed by atoms with van der Waals surface area (Å²) in [5, 5.41) is 14.3. The van der Waals surface area contributed by atoms with E-state index in [1.165, 1.54) is 38.5 Å². The van der Waals surface area contributed by atoms with Crippen molar-refractivity contribution in [2.75, 3.05) is 41.4 Å². The van der Waals surface area contributed by atoms with Gasteiger partial charge in [0, 0.05) is 42.3 Å². The van der Waals surface area contributed by atoms with Crippen LogP contribution in [0.15, 0.2) is 33.8 Å². The van der Waals surface area contributed by atoms with Crippen LogP contribution in [0.25, 0.3) is 0 Å². The zero-order chi connectivity index (χ0) is 20.1. The smallest absolute Gasteiger partial charge is 0.229 e. The summed E-state index contributed by atoms with van der Waals surface area (Å²) in [5.74, 6) is 2.59. The van der Waals surface area contributed by atoms with Crippen LogP contribution in [0.3, 0.4) is 0 Å². The van der Waals surface area contributed by atoms with Crippen molar-refractivity contribution < 1.29 is 5.11 Å². The predicted octanol–water partition coefficient (Wildman–Crippen LogP) is 4.37. The molecule has 0 unspecified atom stereocenters. The molecule has 29 heavy (non-hydrogen) atoms. The molecule has 0 saturated carbocycles. The number of piperidine rings is 2. The number of phenolic OH excluding ortho intramolecular Hbond substituents is 1. The van der Waals surface area contributed by atoms with Gasteiger partial charge in [0.25, 0.3) is 0 Å². The fraction of sp³-hybridized carbons (Fsp3) is 0.476. The number of nitrogens with zero attached hydrogens (tertiary/aromatic N) is 5. The van der Waals surface area contributed by atoms with Crippen molar-refractivity contribution in [3.8, 4) is 5.75 Å². The number of rotatable bonds is 5. The summed E-state index contributed by atoms with van der Waals surface area (Å²) in [7, 11) is 0. The highest BCUT2D eigenvalue weighted by atomic mass is 79.9. The Morgan fingerprint density at radius 3 is 2.34 bits per heavy atom. The summed E-state index contributed by atoms with van der Waals surface area (Å²) in [6.07, 6.45) is 8.92. The Labute approximate surface area is 180 Å². The van der Waals surface area contributed by atoms with E-state index in [0.717, 1.165) is 42.4 Å². The Morgan fingerprint density at radius 2 is 1.62 bits per heavy atom. The molecular formula is C21H27BrN6O. The predicted molar refractivity (Wildman–Crippen MR) is 121 cm³/mol. The Bertz CT molecular complexity index is 826. The average Bonchev–Trinajstić information content (AvgIpc) is 2.77. The number of aromatic nitrogens is 2. The van der Waals surface area contributed by atoms with Gasteiger partial charge in [0.1, 0.15) is 11.6 Å². The van der Waals surface area contributed by atoms with Crippen LogP contribution < -0.4 is 15.2 Å². The number of hydrogen-bond donors (Lipinski definition) is 2. The van der Waals surface area contributed by atoms with Crippen LogP contribution in [0.1, 0.15) is 44.1 Å². The van der Waals surface area contributed by atoms with E-state index in [2.05, 4.69) is 36.3 Å². The summed E-state index contributed by atoms with van der Waals surface area (Å²) in [5.41, 5.74) is 3.67. The number of phenols is 1. The average molecular weight is 459 g/mol. The van der Waals surface area contributed by atoms with Crippen molar-refractivity contribution in [2.24, 2.45) is 5.10 Å². The van der Waals surface area contributed by atoms with Crippen LogP contribution in [0.2, 0.25) is 0 Å². The van der Waals surface area contributed by atoms with E-state index >= 15 is 0 Å². The van der Waals surface area contributed by atoms with Gasteiger partial charge in [0.05, 0.1) is 6.21 Å². The minimum absolute atomic E-state index is 0.185. The van der Waals surface area contributed by atoms with Gasteiger partial charge in [-0.25, -0.2) is 0 Å². The Morgan fingerprint density at radius 1 is 0.931 bits per heavy atom. The van der Waals surface area contributed by atoms with Crippen LogP contribution in [0.4, 0.5) is 17.6 Å². The van der Waals surface area contributed by atoms with E-state index in [1.807, 2.05) is 12.1 Å². The van der Waals surface area contributed by atoms with E-state index in [4.69, 9.17) is 9.97 Å². The molecule has 3 heterocycles. The monoisotopic (exact) mass is 458 g/mol. The van der Waals surface area contributed by atoms with E-state index in [0.29, 0.717) is 11.4 Å². The fourth-order valence-electron chi connectivity index (χ4n) is 3.80. The van der Waals surface area contributed by atoms with Crippen LogP contribution in [-0.2, 0) is 0 Å². The lowest BCUT2D eigenvalue weighted by molar-refractivity contribution is 0.474. The number of benzene rings is 1. The maximum absolute atomic E-state index is 9.98. The number of halogens is 1. The maximum atomic E-state index is 9.98. The van der Waals surface area contributed by atoms with Gasteiger partial charge in [-0.05, 0) is 56.7 Å². The van der Waals surface area contributed by atoms with Gasteiger partial charge < -0.3 is 14.9 Å². The van der Waals surface area contributed by atoms with E-state index < -0.39 is 0 Å². The highest BCUT2D eigenvalue weighted by molar-refractivity contribution is 9.10. The molecule has 2 aliphatic rings. The molecule has 2 saturated heterocycles. The van der Waals surface area contributed by atoms with Gasteiger partial charge in [0.15, 0.2) is 5.82 Å². The molecule has 0 spiro atoms. The lowest BCUT2D eigenvalue weighted by Crippen LogP contribution is -2.33. The first kappa shape index (κ1) is 19.9. The Kier molecular flexibility index (Phi) is 6.49. The molecule has 154 valence electrons. The van der Waals surface area contributed by atoms with Crippen molar-refractivity contribution in [3.63, 3.8) is 0 Å². The fourth-order valence-corrected chi connectivity index (χ4v) is 4.18. The van der Waals surface area contributed by atoms with Gasteiger partial charge in [-0.2, -0.15) is 15.1 Å². The molecule has 4 rings (SSSR count). The number of aromatic hydroxyl groups is 1. The normalized spacial score (nSPS) is 17.7. The molecule has 8 heteroatoms.